The summed E-state index contributed by atoms with van der Waals surface area (Å²) in [6.45, 7) is 4.45. The lowest BCUT2D eigenvalue weighted by Gasteiger charge is -2.31. The number of likely N-dealkylation sites (N-methyl/N-ethyl adjacent to an activating group) is 1. The zero-order chi connectivity index (χ0) is 37.1. The molecule has 2 atom stereocenters. The van der Waals surface area contributed by atoms with Crippen molar-refractivity contribution >= 4 is 17.9 Å². The molecule has 0 radical (unpaired) electrons. The van der Waals surface area contributed by atoms with E-state index in [1.165, 1.54) is 25.7 Å². The quantitative estimate of drug-likeness (QED) is 0.0323. The van der Waals surface area contributed by atoms with E-state index in [2.05, 4.69) is 86.8 Å². The number of ether oxygens (including phenoxy) is 3. The van der Waals surface area contributed by atoms with E-state index in [0.29, 0.717) is 25.7 Å². The van der Waals surface area contributed by atoms with Gasteiger partial charge >= 0.3 is 17.9 Å². The minimum atomic E-state index is -0.893. The number of hydrogen-bond acceptors (Lipinski definition) is 6. The number of carbonyl (C=O) groups is 3. The largest absolute Gasteiger partial charge is 0.477 e. The van der Waals surface area contributed by atoms with Crippen molar-refractivity contribution in [1.82, 2.24) is 0 Å². The van der Waals surface area contributed by atoms with Gasteiger partial charge in [-0.15, -0.1) is 0 Å². The summed E-state index contributed by atoms with van der Waals surface area (Å²) in [6.07, 6.45) is 39.7. The first kappa shape index (κ1) is 46.8. The van der Waals surface area contributed by atoms with Gasteiger partial charge in [0.25, 0.3) is 0 Å². The topological polar surface area (TPSA) is 99.1 Å². The van der Waals surface area contributed by atoms with E-state index in [-0.39, 0.29) is 42.7 Å². The van der Waals surface area contributed by atoms with E-state index in [0.717, 1.165) is 51.4 Å². The van der Waals surface area contributed by atoms with Crippen LogP contribution in [0.1, 0.15) is 123 Å². The zero-order valence-corrected chi connectivity index (χ0v) is 32.1. The van der Waals surface area contributed by atoms with Crippen LogP contribution in [0.15, 0.2) is 72.9 Å². The summed E-state index contributed by atoms with van der Waals surface area (Å²) in [4.78, 5) is 36.7. The Morgan fingerprint density at radius 1 is 0.620 bits per heavy atom. The highest BCUT2D eigenvalue weighted by atomic mass is 16.6. The number of rotatable bonds is 32. The van der Waals surface area contributed by atoms with Gasteiger partial charge in [0.2, 0.25) is 0 Å². The van der Waals surface area contributed by atoms with Crippen LogP contribution in [0, 0.1) is 0 Å². The van der Waals surface area contributed by atoms with Gasteiger partial charge in [0.1, 0.15) is 6.61 Å². The monoisotopic (exact) mass is 701 g/mol. The van der Waals surface area contributed by atoms with Crippen molar-refractivity contribution in [2.24, 2.45) is 0 Å². The molecule has 0 rings (SSSR count). The van der Waals surface area contributed by atoms with Gasteiger partial charge in [0.15, 0.2) is 12.1 Å². The summed E-state index contributed by atoms with van der Waals surface area (Å²) in [6, 6.07) is -0.630. The first-order valence-corrected chi connectivity index (χ1v) is 19.0. The molecule has 0 aliphatic rings. The Morgan fingerprint density at radius 3 is 1.64 bits per heavy atom. The van der Waals surface area contributed by atoms with Crippen LogP contribution in [0.5, 0.6) is 0 Å². The molecule has 8 heteroatoms. The van der Waals surface area contributed by atoms with E-state index >= 15 is 0 Å². The molecule has 0 amide bonds. The lowest BCUT2D eigenvalue weighted by atomic mass is 10.1. The molecule has 0 aromatic rings. The minimum absolute atomic E-state index is 0.0248. The fourth-order valence-corrected chi connectivity index (χ4v) is 4.88. The third kappa shape index (κ3) is 30.8. The Kier molecular flexibility index (Phi) is 30.8. The zero-order valence-electron chi connectivity index (χ0n) is 32.1. The molecule has 8 nitrogen and oxygen atoms in total. The van der Waals surface area contributed by atoms with Crippen LogP contribution in [0.2, 0.25) is 0 Å². The van der Waals surface area contributed by atoms with E-state index < -0.39 is 18.1 Å². The highest BCUT2D eigenvalue weighted by molar-refractivity contribution is 5.72. The SMILES string of the molecule is CC/C=C/C/C=C/CCCCC(=O)OCC(COCCC(C(=O)O)[N+](C)(C)C)OC(=O)CCC/C=C/C/C=C/C/C=C/C/C=C/CCCCC. The van der Waals surface area contributed by atoms with Gasteiger partial charge in [0, 0.05) is 19.3 Å². The average molecular weight is 701 g/mol. The maximum atomic E-state index is 12.6. The van der Waals surface area contributed by atoms with E-state index in [1.54, 1.807) is 0 Å². The number of allylic oxidation sites excluding steroid dienone is 12. The number of carbonyl (C=O) groups excluding carboxylic acids is 2. The maximum Gasteiger partial charge on any atom is 0.362 e. The summed E-state index contributed by atoms with van der Waals surface area (Å²) in [5, 5.41) is 9.57. The minimum Gasteiger partial charge on any atom is -0.477 e. The molecule has 50 heavy (non-hydrogen) atoms. The fourth-order valence-electron chi connectivity index (χ4n) is 4.88. The van der Waals surface area contributed by atoms with Crippen LogP contribution >= 0.6 is 0 Å². The molecule has 0 aliphatic carbocycles. The normalized spacial score (nSPS) is 13.9. The predicted octanol–water partition coefficient (Wildman–Crippen LogP) is 9.63. The molecule has 0 aromatic carbocycles. The van der Waals surface area contributed by atoms with E-state index in [1.807, 2.05) is 21.1 Å². The number of unbranched alkanes of at least 4 members (excludes halogenated alkanes) is 6. The van der Waals surface area contributed by atoms with Gasteiger partial charge in [-0.2, -0.15) is 0 Å². The molecule has 0 spiro atoms. The van der Waals surface area contributed by atoms with Crippen LogP contribution in [-0.4, -0.2) is 80.6 Å². The summed E-state index contributed by atoms with van der Waals surface area (Å²) in [5.41, 5.74) is 0. The van der Waals surface area contributed by atoms with Crippen molar-refractivity contribution in [3.63, 3.8) is 0 Å². The molecule has 0 aliphatic heterocycles. The van der Waals surface area contributed by atoms with Crippen molar-refractivity contribution in [3.05, 3.63) is 72.9 Å². The van der Waals surface area contributed by atoms with Crippen LogP contribution in [0.3, 0.4) is 0 Å². The number of quaternary nitrogens is 1. The van der Waals surface area contributed by atoms with Gasteiger partial charge in [-0.05, 0) is 77.0 Å². The van der Waals surface area contributed by atoms with Crippen LogP contribution in [0.25, 0.3) is 0 Å². The van der Waals surface area contributed by atoms with Gasteiger partial charge < -0.3 is 23.8 Å². The molecular weight excluding hydrogens is 630 g/mol. The molecule has 0 fully saturated rings. The second-order valence-corrected chi connectivity index (χ2v) is 13.4. The maximum absolute atomic E-state index is 12.6. The third-order valence-corrected chi connectivity index (χ3v) is 7.84. The Hall–Kier alpha value is -3.23. The summed E-state index contributed by atoms with van der Waals surface area (Å²) < 4.78 is 17.1. The molecular formula is C42H70NO7+. The lowest BCUT2D eigenvalue weighted by Crippen LogP contribution is -2.50. The van der Waals surface area contributed by atoms with Crippen LogP contribution in [0.4, 0.5) is 0 Å². The van der Waals surface area contributed by atoms with Gasteiger partial charge in [-0.3, -0.25) is 9.59 Å². The van der Waals surface area contributed by atoms with Gasteiger partial charge in [0.05, 0.1) is 34.4 Å². The van der Waals surface area contributed by atoms with E-state index in [9.17, 15) is 19.5 Å². The summed E-state index contributed by atoms with van der Waals surface area (Å²) >= 11 is 0. The van der Waals surface area contributed by atoms with E-state index in [4.69, 9.17) is 14.2 Å². The van der Waals surface area contributed by atoms with Crippen molar-refractivity contribution in [1.29, 1.82) is 0 Å². The van der Waals surface area contributed by atoms with Crippen molar-refractivity contribution in [3.8, 4) is 0 Å². The molecule has 2 unspecified atom stereocenters. The Bertz CT molecular complexity index is 1050. The van der Waals surface area contributed by atoms with Crippen molar-refractivity contribution in [2.75, 3.05) is 41.0 Å². The molecule has 0 saturated carbocycles. The highest BCUT2D eigenvalue weighted by Crippen LogP contribution is 2.10. The molecule has 284 valence electrons. The molecule has 0 heterocycles. The Balaban J connectivity index is 4.56. The number of hydrogen-bond donors (Lipinski definition) is 1. The number of nitrogens with zero attached hydrogens (tertiary/aromatic N) is 1. The van der Waals surface area contributed by atoms with Crippen LogP contribution < -0.4 is 0 Å². The lowest BCUT2D eigenvalue weighted by molar-refractivity contribution is -0.887. The number of aliphatic carboxylic acids is 1. The summed E-state index contributed by atoms with van der Waals surface area (Å²) in [5.74, 6) is -1.60. The second kappa shape index (κ2) is 32.9. The standard InChI is InChI=1S/C42H69NO7/c1-6-8-10-12-14-16-17-18-19-20-21-22-23-25-27-29-31-33-41(45)50-38(36-48-35-34-39(42(46)47)43(3,4)5)37-49-40(44)32-30-28-26-24-15-13-11-9-7-2/h9,11,14-16,18-19,21-22,24-25,27,38-39H,6-8,10,12-13,17,20,23,26,28-37H2,1-5H3/p+1/b11-9+,16-14+,19-18+,22-21+,24-15+,27-25+. The first-order valence-electron chi connectivity index (χ1n) is 19.0. The Labute approximate surface area is 304 Å². The molecule has 0 saturated heterocycles. The third-order valence-electron chi connectivity index (χ3n) is 7.84. The fraction of sp³-hybridized carbons (Fsp3) is 0.643. The second-order valence-electron chi connectivity index (χ2n) is 13.4. The molecule has 1 N–H and O–H groups in total. The Morgan fingerprint density at radius 2 is 1.12 bits per heavy atom. The van der Waals surface area contributed by atoms with Crippen molar-refractivity contribution < 1.29 is 38.2 Å². The van der Waals surface area contributed by atoms with Crippen molar-refractivity contribution in [2.45, 2.75) is 135 Å². The number of carboxylic acids is 1. The number of carboxylic acid groups (broad SMARTS) is 1. The first-order chi connectivity index (χ1) is 24.1. The highest BCUT2D eigenvalue weighted by Gasteiger charge is 2.31. The smallest absolute Gasteiger partial charge is 0.362 e. The van der Waals surface area contributed by atoms with Crippen LogP contribution in [-0.2, 0) is 28.6 Å². The van der Waals surface area contributed by atoms with Gasteiger partial charge in [-0.1, -0.05) is 99.6 Å². The molecule has 0 aromatic heterocycles. The number of esters is 2. The van der Waals surface area contributed by atoms with Gasteiger partial charge in [-0.25, -0.2) is 4.79 Å². The predicted molar refractivity (Wildman–Crippen MR) is 206 cm³/mol. The summed E-state index contributed by atoms with van der Waals surface area (Å²) in [7, 11) is 5.47. The average Bonchev–Trinajstić information content (AvgIpc) is 3.06. The molecule has 0 bridgehead atoms.